The van der Waals surface area contributed by atoms with Gasteiger partial charge in [-0.1, -0.05) is 72.3 Å². The minimum atomic E-state index is -4.07. The molecule has 1 heterocycles. The molecule has 31 heavy (non-hydrogen) atoms. The topological polar surface area (TPSA) is 93.2 Å². The van der Waals surface area contributed by atoms with Crippen LogP contribution in [-0.4, -0.2) is 8.42 Å². The molecule has 5 nitrogen and oxygen atoms in total. The van der Waals surface area contributed by atoms with E-state index < -0.39 is 15.8 Å². The number of rotatable bonds is 4. The molecule has 0 saturated carbocycles. The SMILES string of the molecule is N#CC1=C(N)OC(c2ccccc2)=C(S(=O)(=O)c2ccccc2)[C@H]1c1cccc(Cl)c1. The Bertz CT molecular complexity index is 1340. The second kappa shape index (κ2) is 8.31. The zero-order valence-electron chi connectivity index (χ0n) is 16.2. The summed E-state index contributed by atoms with van der Waals surface area (Å²) < 4.78 is 33.5. The lowest BCUT2D eigenvalue weighted by atomic mass is 9.88. The predicted molar refractivity (Wildman–Crippen MR) is 119 cm³/mol. The number of nitriles is 1. The predicted octanol–water partition coefficient (Wildman–Crippen LogP) is 4.99. The summed E-state index contributed by atoms with van der Waals surface area (Å²) in [7, 11) is -4.07. The van der Waals surface area contributed by atoms with Crippen molar-refractivity contribution in [2.75, 3.05) is 0 Å². The molecule has 1 aliphatic rings. The number of ether oxygens (including phenoxy) is 1. The molecular weight excluding hydrogens is 432 g/mol. The van der Waals surface area contributed by atoms with Crippen molar-refractivity contribution in [3.63, 3.8) is 0 Å². The molecule has 0 spiro atoms. The van der Waals surface area contributed by atoms with Crippen molar-refractivity contribution in [3.8, 4) is 6.07 Å². The first kappa shape index (κ1) is 20.7. The lowest BCUT2D eigenvalue weighted by Crippen LogP contribution is -2.25. The highest BCUT2D eigenvalue weighted by molar-refractivity contribution is 7.95. The summed E-state index contributed by atoms with van der Waals surface area (Å²) in [5.74, 6) is -1.03. The van der Waals surface area contributed by atoms with Crippen LogP contribution in [0.5, 0.6) is 0 Å². The van der Waals surface area contributed by atoms with E-state index in [9.17, 15) is 13.7 Å². The molecule has 1 atom stereocenters. The van der Waals surface area contributed by atoms with Gasteiger partial charge in [0.2, 0.25) is 15.7 Å². The van der Waals surface area contributed by atoms with Gasteiger partial charge in [-0.2, -0.15) is 5.26 Å². The van der Waals surface area contributed by atoms with Crippen LogP contribution >= 0.6 is 11.6 Å². The molecule has 0 radical (unpaired) electrons. The summed E-state index contributed by atoms with van der Waals surface area (Å²) in [6, 6.07) is 25.6. The molecule has 0 aliphatic carbocycles. The number of halogens is 1. The summed E-state index contributed by atoms with van der Waals surface area (Å²) in [5, 5.41) is 10.3. The van der Waals surface area contributed by atoms with Crippen LogP contribution in [0.1, 0.15) is 17.0 Å². The van der Waals surface area contributed by atoms with Crippen LogP contribution in [0.3, 0.4) is 0 Å². The third-order valence-corrected chi connectivity index (χ3v) is 7.06. The van der Waals surface area contributed by atoms with Crippen LogP contribution in [0.4, 0.5) is 0 Å². The fourth-order valence-corrected chi connectivity index (χ4v) is 5.47. The van der Waals surface area contributed by atoms with E-state index in [-0.39, 0.29) is 27.0 Å². The van der Waals surface area contributed by atoms with Gasteiger partial charge in [-0.15, -0.1) is 0 Å². The minimum Gasteiger partial charge on any atom is -0.439 e. The Morgan fingerprint density at radius 3 is 2.19 bits per heavy atom. The zero-order chi connectivity index (χ0) is 22.0. The lowest BCUT2D eigenvalue weighted by molar-refractivity contribution is 0.358. The van der Waals surface area contributed by atoms with Gasteiger partial charge in [-0.05, 0) is 29.8 Å². The molecule has 0 aromatic heterocycles. The monoisotopic (exact) mass is 448 g/mol. The maximum absolute atomic E-state index is 13.9. The van der Waals surface area contributed by atoms with Crippen molar-refractivity contribution in [1.29, 1.82) is 5.26 Å². The third-order valence-electron chi connectivity index (χ3n) is 4.93. The van der Waals surface area contributed by atoms with Crippen molar-refractivity contribution in [3.05, 3.63) is 117 Å². The van der Waals surface area contributed by atoms with Gasteiger partial charge >= 0.3 is 0 Å². The molecule has 3 aromatic rings. The first-order chi connectivity index (χ1) is 14.9. The van der Waals surface area contributed by atoms with Crippen LogP contribution in [0.2, 0.25) is 5.02 Å². The summed E-state index contributed by atoms with van der Waals surface area (Å²) in [6.07, 6.45) is 0. The van der Waals surface area contributed by atoms with E-state index in [0.717, 1.165) is 0 Å². The molecule has 1 aliphatic heterocycles. The quantitative estimate of drug-likeness (QED) is 0.606. The Balaban J connectivity index is 2.09. The van der Waals surface area contributed by atoms with E-state index in [1.54, 1.807) is 66.7 Å². The van der Waals surface area contributed by atoms with Crippen LogP contribution < -0.4 is 5.73 Å². The fourth-order valence-electron chi connectivity index (χ4n) is 3.54. The number of nitrogens with zero attached hydrogens (tertiary/aromatic N) is 1. The third kappa shape index (κ3) is 3.81. The molecule has 7 heteroatoms. The maximum Gasteiger partial charge on any atom is 0.207 e. The highest BCUT2D eigenvalue weighted by Gasteiger charge is 2.41. The van der Waals surface area contributed by atoms with Gasteiger partial charge in [0.05, 0.1) is 10.8 Å². The summed E-state index contributed by atoms with van der Waals surface area (Å²) >= 11 is 6.20. The number of allylic oxidation sites excluding steroid dienone is 2. The second-order valence-electron chi connectivity index (χ2n) is 6.86. The van der Waals surface area contributed by atoms with Crippen LogP contribution in [0, 0.1) is 11.3 Å². The second-order valence-corrected chi connectivity index (χ2v) is 9.21. The molecule has 0 saturated heterocycles. The highest BCUT2D eigenvalue weighted by atomic mass is 35.5. The van der Waals surface area contributed by atoms with Crippen LogP contribution in [-0.2, 0) is 14.6 Å². The Hall–Kier alpha value is -3.53. The Kier molecular flexibility index (Phi) is 5.55. The molecule has 0 bridgehead atoms. The Labute approximate surface area is 185 Å². The summed E-state index contributed by atoms with van der Waals surface area (Å²) in [5.41, 5.74) is 7.17. The van der Waals surface area contributed by atoms with Gasteiger partial charge in [0.15, 0.2) is 5.76 Å². The number of nitrogens with two attached hydrogens (primary N) is 1. The molecule has 3 aromatic carbocycles. The normalized spacial score (nSPS) is 16.6. The van der Waals surface area contributed by atoms with E-state index in [4.69, 9.17) is 22.1 Å². The van der Waals surface area contributed by atoms with Crippen molar-refractivity contribution in [1.82, 2.24) is 0 Å². The summed E-state index contributed by atoms with van der Waals surface area (Å²) in [6.45, 7) is 0. The van der Waals surface area contributed by atoms with Crippen molar-refractivity contribution in [2.45, 2.75) is 10.8 Å². The van der Waals surface area contributed by atoms with Crippen LogP contribution in [0.15, 0.2) is 106 Å². The smallest absolute Gasteiger partial charge is 0.207 e. The van der Waals surface area contributed by atoms with Gasteiger partial charge in [0.25, 0.3) is 0 Å². The van der Waals surface area contributed by atoms with E-state index in [1.165, 1.54) is 12.1 Å². The molecular formula is C24H17ClN2O3S. The molecule has 0 unspecified atom stereocenters. The van der Waals surface area contributed by atoms with E-state index in [1.807, 2.05) is 12.1 Å². The van der Waals surface area contributed by atoms with Gasteiger partial charge in [0, 0.05) is 10.6 Å². The number of benzene rings is 3. The summed E-state index contributed by atoms with van der Waals surface area (Å²) in [4.78, 5) is 0.0322. The van der Waals surface area contributed by atoms with Gasteiger partial charge in [-0.25, -0.2) is 8.42 Å². The van der Waals surface area contributed by atoms with Crippen LogP contribution in [0.25, 0.3) is 5.76 Å². The van der Waals surface area contributed by atoms with E-state index >= 15 is 0 Å². The average molecular weight is 449 g/mol. The molecule has 0 amide bonds. The minimum absolute atomic E-state index is 0.0106. The highest BCUT2D eigenvalue weighted by Crippen LogP contribution is 2.46. The fraction of sp³-hybridized carbons (Fsp3) is 0.0417. The molecule has 4 rings (SSSR count). The number of hydrogen-bond donors (Lipinski definition) is 1. The van der Waals surface area contributed by atoms with Gasteiger partial charge in [0.1, 0.15) is 16.5 Å². The zero-order valence-corrected chi connectivity index (χ0v) is 17.8. The van der Waals surface area contributed by atoms with Gasteiger partial charge in [-0.3, -0.25) is 0 Å². The Morgan fingerprint density at radius 2 is 1.58 bits per heavy atom. The van der Waals surface area contributed by atoms with Crippen molar-refractivity contribution in [2.24, 2.45) is 5.73 Å². The first-order valence-electron chi connectivity index (χ1n) is 9.36. The molecule has 2 N–H and O–H groups in total. The van der Waals surface area contributed by atoms with Crippen molar-refractivity contribution < 1.29 is 13.2 Å². The molecule has 0 fully saturated rings. The largest absolute Gasteiger partial charge is 0.439 e. The molecule has 154 valence electrons. The number of hydrogen-bond acceptors (Lipinski definition) is 5. The van der Waals surface area contributed by atoms with E-state index in [0.29, 0.717) is 16.1 Å². The lowest BCUT2D eigenvalue weighted by Gasteiger charge is -2.29. The van der Waals surface area contributed by atoms with Crippen molar-refractivity contribution >= 4 is 27.2 Å². The van der Waals surface area contributed by atoms with Gasteiger partial charge < -0.3 is 10.5 Å². The van der Waals surface area contributed by atoms with E-state index in [2.05, 4.69) is 0 Å². The first-order valence-corrected chi connectivity index (χ1v) is 11.2. The maximum atomic E-state index is 13.9. The standard InChI is InChI=1S/C24H17ClN2O3S/c25-18-11-7-10-17(14-18)21-20(15-26)24(27)30-22(16-8-3-1-4-9-16)23(21)31(28,29)19-12-5-2-6-13-19/h1-14,21H,27H2/t21-/m0/s1. The Morgan fingerprint density at radius 1 is 0.935 bits per heavy atom. The number of sulfone groups is 1. The average Bonchev–Trinajstić information content (AvgIpc) is 2.79.